The van der Waals surface area contributed by atoms with Gasteiger partial charge in [0.2, 0.25) is 0 Å². The highest BCUT2D eigenvalue weighted by Crippen LogP contribution is 2.36. The van der Waals surface area contributed by atoms with Crippen LogP contribution < -0.4 is 5.32 Å². The van der Waals surface area contributed by atoms with Gasteiger partial charge in [-0.05, 0) is 80.4 Å². The van der Waals surface area contributed by atoms with Crippen LogP contribution in [0.4, 0.5) is 0 Å². The van der Waals surface area contributed by atoms with Crippen molar-refractivity contribution in [3.05, 3.63) is 0 Å². The van der Waals surface area contributed by atoms with E-state index < -0.39 is 71.9 Å². The third kappa shape index (κ3) is 8.14. The third-order valence-electron chi connectivity index (χ3n) is 8.97. The number of ether oxygens (including phenoxy) is 3. The number of aliphatic hydroxyl groups excluding tert-OH is 3. The van der Waals surface area contributed by atoms with Crippen LogP contribution in [0.5, 0.6) is 0 Å². The maximum atomic E-state index is 13.2. The van der Waals surface area contributed by atoms with Crippen LogP contribution in [-0.2, 0) is 19.0 Å². The Balaban J connectivity index is 2.48. The molecular formula is C29H56N2O9. The van der Waals surface area contributed by atoms with Crippen molar-refractivity contribution in [2.45, 2.75) is 141 Å². The molecule has 0 bridgehead atoms. The maximum Gasteiger partial charge on any atom is 0.311 e. The van der Waals surface area contributed by atoms with Gasteiger partial charge >= 0.3 is 5.97 Å². The predicted octanol–water partition coefficient (Wildman–Crippen LogP) is 0.633. The van der Waals surface area contributed by atoms with E-state index in [9.17, 15) is 30.3 Å². The summed E-state index contributed by atoms with van der Waals surface area (Å²) in [6, 6.07) is -0.783. The van der Waals surface area contributed by atoms with E-state index in [4.69, 9.17) is 14.2 Å². The Morgan fingerprint density at radius 1 is 1.05 bits per heavy atom. The number of nitrogens with one attached hydrogen (secondary N) is 1. The van der Waals surface area contributed by atoms with E-state index in [1.54, 1.807) is 27.7 Å². The Morgan fingerprint density at radius 3 is 2.20 bits per heavy atom. The van der Waals surface area contributed by atoms with Crippen LogP contribution in [-0.4, -0.2) is 123 Å². The number of hydrogen-bond acceptors (Lipinski definition) is 11. The smallest absolute Gasteiger partial charge is 0.311 e. The van der Waals surface area contributed by atoms with E-state index in [1.165, 1.54) is 13.8 Å². The predicted molar refractivity (Wildman–Crippen MR) is 150 cm³/mol. The second-order valence-electron chi connectivity index (χ2n) is 13.1. The van der Waals surface area contributed by atoms with Gasteiger partial charge in [0, 0.05) is 18.0 Å². The highest BCUT2D eigenvalue weighted by molar-refractivity contribution is 5.73. The zero-order valence-electron chi connectivity index (χ0n) is 26.1. The Bertz CT molecular complexity index is 810. The average Bonchev–Trinajstić information content (AvgIpc) is 2.87. The molecule has 2 rings (SSSR count). The van der Waals surface area contributed by atoms with E-state index in [0.717, 1.165) is 0 Å². The van der Waals surface area contributed by atoms with Gasteiger partial charge in [-0.15, -0.1) is 0 Å². The van der Waals surface area contributed by atoms with Crippen molar-refractivity contribution in [3.8, 4) is 0 Å². The Morgan fingerprint density at radius 2 is 1.65 bits per heavy atom. The molecule has 6 N–H and O–H groups in total. The number of aliphatic hydroxyl groups is 5. The lowest BCUT2D eigenvalue weighted by molar-refractivity contribution is -0.299. The first-order valence-electron chi connectivity index (χ1n) is 14.7. The van der Waals surface area contributed by atoms with Crippen molar-refractivity contribution in [1.29, 1.82) is 0 Å². The first-order chi connectivity index (χ1) is 18.3. The quantitative estimate of drug-likeness (QED) is 0.261. The molecule has 11 nitrogen and oxygen atoms in total. The lowest BCUT2D eigenvalue weighted by atomic mass is 9.78. The molecule has 2 aliphatic heterocycles. The molecule has 1 unspecified atom stereocenters. The molecule has 2 heterocycles. The van der Waals surface area contributed by atoms with Crippen LogP contribution >= 0.6 is 0 Å². The summed E-state index contributed by atoms with van der Waals surface area (Å²) in [6.45, 7) is 14.0. The van der Waals surface area contributed by atoms with Crippen molar-refractivity contribution in [1.82, 2.24) is 10.2 Å². The fourth-order valence-electron chi connectivity index (χ4n) is 6.36. The molecule has 11 heteroatoms. The minimum absolute atomic E-state index is 0.113. The van der Waals surface area contributed by atoms with E-state index in [1.807, 2.05) is 32.8 Å². The first-order valence-corrected chi connectivity index (χ1v) is 14.7. The number of hydrogen-bond donors (Lipinski definition) is 6. The topological polar surface area (TPSA) is 161 Å². The van der Waals surface area contributed by atoms with Crippen molar-refractivity contribution in [3.63, 3.8) is 0 Å². The number of nitrogens with zero attached hydrogens (tertiary/aromatic N) is 1. The summed E-state index contributed by atoms with van der Waals surface area (Å²) in [6.07, 6.45) is -5.77. The highest BCUT2D eigenvalue weighted by atomic mass is 16.7. The van der Waals surface area contributed by atoms with Gasteiger partial charge in [0.1, 0.15) is 23.9 Å². The Kier molecular flexibility index (Phi) is 12.4. The number of carbonyl (C=O) groups is 1. The molecule has 0 spiro atoms. The number of rotatable bonds is 4. The van der Waals surface area contributed by atoms with Crippen LogP contribution in [0.25, 0.3) is 0 Å². The summed E-state index contributed by atoms with van der Waals surface area (Å²) in [4.78, 5) is 15.1. The van der Waals surface area contributed by atoms with Crippen LogP contribution in [0.2, 0.25) is 0 Å². The largest absolute Gasteiger partial charge is 0.459 e. The summed E-state index contributed by atoms with van der Waals surface area (Å²) in [7, 11) is 3.74. The molecule has 0 radical (unpaired) electrons. The van der Waals surface area contributed by atoms with Gasteiger partial charge in [0.05, 0.1) is 29.8 Å². The fraction of sp³-hybridized carbons (Fsp3) is 0.966. The molecule has 0 aromatic heterocycles. The monoisotopic (exact) mass is 576 g/mol. The molecule has 2 fully saturated rings. The third-order valence-corrected chi connectivity index (χ3v) is 8.97. The van der Waals surface area contributed by atoms with E-state index in [-0.39, 0.29) is 30.9 Å². The molecule has 0 aliphatic carbocycles. The van der Waals surface area contributed by atoms with E-state index in [0.29, 0.717) is 13.0 Å². The number of likely N-dealkylation sites (N-methyl/N-ethyl adjacent to an activating group) is 1. The summed E-state index contributed by atoms with van der Waals surface area (Å²) < 4.78 is 18.0. The molecule has 40 heavy (non-hydrogen) atoms. The van der Waals surface area contributed by atoms with Gasteiger partial charge in [-0.1, -0.05) is 20.8 Å². The first kappa shape index (κ1) is 35.3. The van der Waals surface area contributed by atoms with Crippen molar-refractivity contribution >= 4 is 5.97 Å². The van der Waals surface area contributed by atoms with Crippen LogP contribution in [0.1, 0.15) is 74.7 Å². The molecule has 0 amide bonds. The lowest BCUT2D eigenvalue weighted by Crippen LogP contribution is -2.59. The van der Waals surface area contributed by atoms with Crippen LogP contribution in [0, 0.1) is 17.8 Å². The van der Waals surface area contributed by atoms with Crippen molar-refractivity contribution in [2.24, 2.45) is 17.8 Å². The SMILES string of the molecule is CCC1OC(=O)[C@H](C)[C@@H](O)[C@H](C)[C@@H](O[C@@H]2O[C@H](C)C[C@H](N(C)C)[C@H]2O)[C@](C)(O)C[C@@H](C)CN[C@H](C)[C@@H](O)[C@]1(C)O. The van der Waals surface area contributed by atoms with Gasteiger partial charge in [-0.2, -0.15) is 0 Å². The fourth-order valence-corrected chi connectivity index (χ4v) is 6.36. The molecule has 14 atom stereocenters. The van der Waals surface area contributed by atoms with Crippen molar-refractivity contribution in [2.75, 3.05) is 20.6 Å². The highest BCUT2D eigenvalue weighted by Gasteiger charge is 2.49. The summed E-state index contributed by atoms with van der Waals surface area (Å²) in [5.74, 6) is -2.67. The molecule has 0 saturated carbocycles. The van der Waals surface area contributed by atoms with E-state index in [2.05, 4.69) is 5.32 Å². The number of cyclic esters (lactones) is 1. The van der Waals surface area contributed by atoms with Gasteiger partial charge < -0.3 is 50.0 Å². The summed E-state index contributed by atoms with van der Waals surface area (Å²) in [5, 5.41) is 59.8. The minimum Gasteiger partial charge on any atom is -0.459 e. The number of carbonyl (C=O) groups excluding carboxylic acids is 1. The van der Waals surface area contributed by atoms with Crippen LogP contribution in [0.3, 0.4) is 0 Å². The summed E-state index contributed by atoms with van der Waals surface area (Å²) in [5.41, 5.74) is -3.25. The van der Waals surface area contributed by atoms with Gasteiger partial charge in [-0.25, -0.2) is 0 Å². The lowest BCUT2D eigenvalue weighted by Gasteiger charge is -2.46. The normalized spacial score (nSPS) is 48.8. The molecular weight excluding hydrogens is 520 g/mol. The Hall–Kier alpha value is -0.890. The zero-order valence-corrected chi connectivity index (χ0v) is 26.1. The average molecular weight is 577 g/mol. The molecule has 0 aromatic carbocycles. The van der Waals surface area contributed by atoms with Gasteiger partial charge in [0.25, 0.3) is 0 Å². The second-order valence-corrected chi connectivity index (χ2v) is 13.1. The molecule has 0 aromatic rings. The van der Waals surface area contributed by atoms with Crippen molar-refractivity contribution < 1.29 is 44.5 Å². The van der Waals surface area contributed by atoms with Gasteiger partial charge in [-0.3, -0.25) is 4.79 Å². The van der Waals surface area contributed by atoms with Gasteiger partial charge in [0.15, 0.2) is 6.29 Å². The van der Waals surface area contributed by atoms with E-state index >= 15 is 0 Å². The second kappa shape index (κ2) is 14.1. The molecule has 2 saturated heterocycles. The number of esters is 1. The zero-order chi connectivity index (χ0) is 30.7. The van der Waals surface area contributed by atoms with Crippen LogP contribution in [0.15, 0.2) is 0 Å². The standard InChI is InChI=1S/C29H56N2O9/c1-11-21-29(8,37)24(34)19(6)30-14-15(2)13-28(7,36)25(17(4)22(32)18(5)26(35)39-21)40-27-23(33)20(31(9)10)12-16(3)38-27/h15-25,27,30,32-34,36-37H,11-14H2,1-10H3/t15-,16-,17+,18-,19-,20+,21?,22+,23-,24-,25-,27+,28-,29-/m1/s1. The molecule has 2 aliphatic rings. The minimum atomic E-state index is -1.75. The maximum absolute atomic E-state index is 13.2. The Labute approximate surface area is 240 Å². The summed E-state index contributed by atoms with van der Waals surface area (Å²) >= 11 is 0. The molecule has 236 valence electrons.